The van der Waals surface area contributed by atoms with Crippen molar-refractivity contribution >= 4 is 11.6 Å². The molecular formula is C22H30N2O2. The van der Waals surface area contributed by atoms with Crippen LogP contribution in [0.1, 0.15) is 38.3 Å². The van der Waals surface area contributed by atoms with Crippen molar-refractivity contribution in [3.8, 4) is 5.75 Å². The molecule has 1 amide bonds. The highest BCUT2D eigenvalue weighted by Crippen LogP contribution is 2.16. The van der Waals surface area contributed by atoms with Crippen LogP contribution in [0.3, 0.4) is 0 Å². The van der Waals surface area contributed by atoms with Gasteiger partial charge in [-0.3, -0.25) is 4.79 Å². The predicted molar refractivity (Wildman–Crippen MR) is 108 cm³/mol. The van der Waals surface area contributed by atoms with E-state index in [4.69, 9.17) is 4.74 Å². The van der Waals surface area contributed by atoms with Crippen molar-refractivity contribution in [1.29, 1.82) is 0 Å². The number of anilines is 1. The number of carbonyl (C=O) groups is 1. The molecule has 0 fully saturated rings. The summed E-state index contributed by atoms with van der Waals surface area (Å²) in [5.41, 5.74) is 3.46. The lowest BCUT2D eigenvalue weighted by atomic mass is 10.1. The maximum Gasteiger partial charge on any atom is 0.261 e. The summed E-state index contributed by atoms with van der Waals surface area (Å²) in [7, 11) is 0. The first-order valence-corrected chi connectivity index (χ1v) is 9.42. The first kappa shape index (κ1) is 19.8. The average molecular weight is 354 g/mol. The summed E-state index contributed by atoms with van der Waals surface area (Å²) >= 11 is 0. The van der Waals surface area contributed by atoms with Gasteiger partial charge in [-0.1, -0.05) is 36.8 Å². The van der Waals surface area contributed by atoms with Crippen LogP contribution in [0.15, 0.2) is 48.5 Å². The lowest BCUT2D eigenvalue weighted by molar-refractivity contribution is -0.128. The summed E-state index contributed by atoms with van der Waals surface area (Å²) < 4.78 is 5.83. The highest BCUT2D eigenvalue weighted by atomic mass is 16.5. The largest absolute Gasteiger partial charge is 0.481 e. The van der Waals surface area contributed by atoms with Crippen LogP contribution in [0.5, 0.6) is 5.75 Å². The van der Waals surface area contributed by atoms with E-state index in [1.165, 1.54) is 11.3 Å². The molecule has 1 atom stereocenters. The number of hydrogen-bond donors (Lipinski definition) is 1. The Balaban J connectivity index is 1.90. The number of ether oxygens (including phenoxy) is 1. The maximum absolute atomic E-state index is 12.4. The lowest BCUT2D eigenvalue weighted by Crippen LogP contribution is -2.37. The second-order valence-corrected chi connectivity index (χ2v) is 6.38. The molecule has 2 aromatic rings. The minimum atomic E-state index is -0.479. The van der Waals surface area contributed by atoms with E-state index in [2.05, 4.69) is 48.3 Å². The number of aryl methyl sites for hydroxylation is 1. The van der Waals surface area contributed by atoms with E-state index >= 15 is 0 Å². The van der Waals surface area contributed by atoms with Gasteiger partial charge in [0.15, 0.2) is 6.10 Å². The Morgan fingerprint density at radius 1 is 1.00 bits per heavy atom. The Morgan fingerprint density at radius 2 is 1.62 bits per heavy atom. The first-order chi connectivity index (χ1) is 12.6. The quantitative estimate of drug-likeness (QED) is 0.729. The van der Waals surface area contributed by atoms with Crippen molar-refractivity contribution < 1.29 is 9.53 Å². The van der Waals surface area contributed by atoms with Gasteiger partial charge >= 0.3 is 0 Å². The Labute approximate surface area is 157 Å². The van der Waals surface area contributed by atoms with Crippen LogP contribution in [0.25, 0.3) is 0 Å². The van der Waals surface area contributed by atoms with E-state index in [0.29, 0.717) is 13.0 Å². The average Bonchev–Trinajstić information content (AvgIpc) is 2.67. The number of amides is 1. The number of hydrogen-bond acceptors (Lipinski definition) is 3. The lowest BCUT2D eigenvalue weighted by Gasteiger charge is -2.21. The first-order valence-electron chi connectivity index (χ1n) is 9.42. The Kier molecular flexibility index (Phi) is 7.52. The second kappa shape index (κ2) is 9.85. The molecule has 0 bridgehead atoms. The molecule has 26 heavy (non-hydrogen) atoms. The van der Waals surface area contributed by atoms with Crippen LogP contribution in [0.4, 0.5) is 5.69 Å². The van der Waals surface area contributed by atoms with Gasteiger partial charge in [-0.25, -0.2) is 0 Å². The molecule has 1 N–H and O–H groups in total. The second-order valence-electron chi connectivity index (χ2n) is 6.38. The monoisotopic (exact) mass is 354 g/mol. The smallest absolute Gasteiger partial charge is 0.261 e. The van der Waals surface area contributed by atoms with Crippen molar-refractivity contribution in [3.05, 3.63) is 59.7 Å². The molecule has 2 aromatic carbocycles. The van der Waals surface area contributed by atoms with E-state index in [9.17, 15) is 4.79 Å². The zero-order valence-corrected chi connectivity index (χ0v) is 16.3. The molecule has 0 saturated carbocycles. The van der Waals surface area contributed by atoms with Crippen LogP contribution >= 0.6 is 0 Å². The molecule has 0 aliphatic carbocycles. The molecule has 4 nitrogen and oxygen atoms in total. The van der Waals surface area contributed by atoms with Crippen LogP contribution in [0.2, 0.25) is 0 Å². The van der Waals surface area contributed by atoms with Gasteiger partial charge in [0.05, 0.1) is 0 Å². The topological polar surface area (TPSA) is 41.6 Å². The van der Waals surface area contributed by atoms with Gasteiger partial charge in [-0.05, 0) is 57.0 Å². The molecule has 0 aliphatic heterocycles. The van der Waals surface area contributed by atoms with Gasteiger partial charge in [0, 0.05) is 25.3 Å². The molecule has 4 heteroatoms. The molecule has 2 rings (SSSR count). The standard InChI is InChI=1S/C22H30N2O2/c1-5-21(26-20-14-8-17(4)9-15-20)22(25)23-16-18-10-12-19(13-11-18)24(6-2)7-3/h8-15,21H,5-7,16H2,1-4H3,(H,23,25)/t21-/m0/s1. The summed E-state index contributed by atoms with van der Waals surface area (Å²) in [6.07, 6.45) is 0.147. The maximum atomic E-state index is 12.4. The van der Waals surface area contributed by atoms with Crippen LogP contribution in [-0.4, -0.2) is 25.1 Å². The van der Waals surface area contributed by atoms with Crippen LogP contribution in [0, 0.1) is 6.92 Å². The summed E-state index contributed by atoms with van der Waals surface area (Å²) in [5, 5.41) is 2.98. The SMILES string of the molecule is CC[C@H](Oc1ccc(C)cc1)C(=O)NCc1ccc(N(CC)CC)cc1. The predicted octanol–water partition coefficient (Wildman–Crippen LogP) is 4.32. The zero-order chi connectivity index (χ0) is 18.9. The van der Waals surface area contributed by atoms with Crippen molar-refractivity contribution in [2.75, 3.05) is 18.0 Å². The molecule has 140 valence electrons. The van der Waals surface area contributed by atoms with E-state index < -0.39 is 6.10 Å². The van der Waals surface area contributed by atoms with E-state index in [0.717, 1.165) is 24.4 Å². The highest BCUT2D eigenvalue weighted by molar-refractivity contribution is 5.81. The highest BCUT2D eigenvalue weighted by Gasteiger charge is 2.18. The number of carbonyl (C=O) groups excluding carboxylic acids is 1. The van der Waals surface area contributed by atoms with Gasteiger partial charge in [0.1, 0.15) is 5.75 Å². The van der Waals surface area contributed by atoms with Gasteiger partial charge in [-0.2, -0.15) is 0 Å². The fourth-order valence-corrected chi connectivity index (χ4v) is 2.82. The Bertz CT molecular complexity index is 676. The third-order valence-corrected chi connectivity index (χ3v) is 4.49. The van der Waals surface area contributed by atoms with Gasteiger partial charge in [-0.15, -0.1) is 0 Å². The van der Waals surface area contributed by atoms with Crippen molar-refractivity contribution in [1.82, 2.24) is 5.32 Å². The minimum absolute atomic E-state index is 0.0825. The van der Waals surface area contributed by atoms with Gasteiger partial charge in [0.25, 0.3) is 5.91 Å². The molecule has 0 saturated heterocycles. The molecule has 0 spiro atoms. The van der Waals surface area contributed by atoms with Gasteiger partial charge in [0.2, 0.25) is 0 Å². The molecule has 0 radical (unpaired) electrons. The minimum Gasteiger partial charge on any atom is -0.481 e. The third kappa shape index (κ3) is 5.51. The molecule has 0 aliphatic rings. The Morgan fingerprint density at radius 3 is 2.15 bits per heavy atom. The van der Waals surface area contributed by atoms with E-state index in [1.807, 2.05) is 38.1 Å². The van der Waals surface area contributed by atoms with Crippen molar-refractivity contribution in [3.63, 3.8) is 0 Å². The zero-order valence-electron chi connectivity index (χ0n) is 16.3. The normalized spacial score (nSPS) is 11.7. The summed E-state index contributed by atoms with van der Waals surface area (Å²) in [6, 6.07) is 16.1. The number of nitrogens with zero attached hydrogens (tertiary/aromatic N) is 1. The van der Waals surface area contributed by atoms with Gasteiger partial charge < -0.3 is 15.0 Å². The third-order valence-electron chi connectivity index (χ3n) is 4.49. The molecular weight excluding hydrogens is 324 g/mol. The van der Waals surface area contributed by atoms with Crippen LogP contribution in [-0.2, 0) is 11.3 Å². The van der Waals surface area contributed by atoms with Crippen LogP contribution < -0.4 is 15.0 Å². The fourth-order valence-electron chi connectivity index (χ4n) is 2.82. The Hall–Kier alpha value is -2.49. The summed E-state index contributed by atoms with van der Waals surface area (Å²) in [4.78, 5) is 14.7. The van der Waals surface area contributed by atoms with E-state index in [1.54, 1.807) is 0 Å². The summed E-state index contributed by atoms with van der Waals surface area (Å²) in [5.74, 6) is 0.641. The van der Waals surface area contributed by atoms with E-state index in [-0.39, 0.29) is 5.91 Å². The number of nitrogens with one attached hydrogen (secondary N) is 1. The number of benzene rings is 2. The molecule has 0 unspecified atom stereocenters. The van der Waals surface area contributed by atoms with Crippen molar-refractivity contribution in [2.45, 2.75) is 46.8 Å². The fraction of sp³-hybridized carbons (Fsp3) is 0.409. The molecule has 0 aromatic heterocycles. The molecule has 0 heterocycles. The van der Waals surface area contributed by atoms with Crippen molar-refractivity contribution in [2.24, 2.45) is 0 Å². The number of rotatable bonds is 9. The summed E-state index contributed by atoms with van der Waals surface area (Å²) in [6.45, 7) is 10.8.